The van der Waals surface area contributed by atoms with E-state index >= 15 is 0 Å². The highest BCUT2D eigenvalue weighted by molar-refractivity contribution is 9.10. The summed E-state index contributed by atoms with van der Waals surface area (Å²) in [6, 6.07) is 5.65. The molecule has 2 rings (SSSR count). The van der Waals surface area contributed by atoms with Gasteiger partial charge in [-0.3, -0.25) is 9.78 Å². The fraction of sp³-hybridized carbons (Fsp3) is 0.267. The summed E-state index contributed by atoms with van der Waals surface area (Å²) in [5.41, 5.74) is 1.63. The van der Waals surface area contributed by atoms with Gasteiger partial charge in [-0.1, -0.05) is 6.07 Å². The van der Waals surface area contributed by atoms with Crippen molar-refractivity contribution in [2.45, 2.75) is 13.3 Å². The van der Waals surface area contributed by atoms with Gasteiger partial charge in [-0.15, -0.1) is 0 Å². The van der Waals surface area contributed by atoms with E-state index in [0.717, 1.165) is 16.5 Å². The minimum atomic E-state index is -0.136. The number of hydrogen-bond acceptors (Lipinski definition) is 4. The number of pyridine rings is 2. The van der Waals surface area contributed by atoms with Gasteiger partial charge in [-0.25, -0.2) is 4.98 Å². The molecule has 0 saturated carbocycles. The normalized spacial score (nSPS) is 10.2. The Kier molecular flexibility index (Phi) is 5.68. The standard InChI is InChI=1S/C15H17BrN4O/c1-2-18-14-13(8-12(16)10-20-14)15(21)19-7-5-11-4-3-6-17-9-11/h3-4,6,8-10H,2,5,7H2,1H3,(H,18,20)(H,19,21). The Hall–Kier alpha value is -1.95. The van der Waals surface area contributed by atoms with Gasteiger partial charge in [-0.2, -0.15) is 0 Å². The number of anilines is 1. The van der Waals surface area contributed by atoms with Crippen LogP contribution in [0.15, 0.2) is 41.3 Å². The van der Waals surface area contributed by atoms with Crippen LogP contribution in [0.4, 0.5) is 5.82 Å². The van der Waals surface area contributed by atoms with Crippen LogP contribution in [0.1, 0.15) is 22.8 Å². The molecule has 110 valence electrons. The summed E-state index contributed by atoms with van der Waals surface area (Å²) in [4.78, 5) is 20.5. The molecular formula is C15H17BrN4O. The molecule has 0 aromatic carbocycles. The van der Waals surface area contributed by atoms with Crippen molar-refractivity contribution in [2.75, 3.05) is 18.4 Å². The van der Waals surface area contributed by atoms with Crippen LogP contribution < -0.4 is 10.6 Å². The zero-order valence-corrected chi connectivity index (χ0v) is 13.4. The maximum absolute atomic E-state index is 12.3. The number of carbonyl (C=O) groups is 1. The molecular weight excluding hydrogens is 332 g/mol. The number of carbonyl (C=O) groups excluding carboxylic acids is 1. The topological polar surface area (TPSA) is 66.9 Å². The summed E-state index contributed by atoms with van der Waals surface area (Å²) in [7, 11) is 0. The minimum absolute atomic E-state index is 0.136. The van der Waals surface area contributed by atoms with E-state index in [9.17, 15) is 4.79 Å². The lowest BCUT2D eigenvalue weighted by Crippen LogP contribution is -2.27. The quantitative estimate of drug-likeness (QED) is 0.842. The number of nitrogens with zero attached hydrogens (tertiary/aromatic N) is 2. The number of aromatic nitrogens is 2. The lowest BCUT2D eigenvalue weighted by atomic mass is 10.2. The fourth-order valence-corrected chi connectivity index (χ4v) is 2.21. The first-order valence-electron chi connectivity index (χ1n) is 6.77. The Labute approximate surface area is 132 Å². The number of nitrogens with one attached hydrogen (secondary N) is 2. The van der Waals surface area contributed by atoms with Crippen molar-refractivity contribution in [1.82, 2.24) is 15.3 Å². The van der Waals surface area contributed by atoms with Crippen LogP contribution in [0, 0.1) is 0 Å². The highest BCUT2D eigenvalue weighted by atomic mass is 79.9. The summed E-state index contributed by atoms with van der Waals surface area (Å²) in [6.07, 6.45) is 5.96. The van der Waals surface area contributed by atoms with Crippen molar-refractivity contribution in [1.29, 1.82) is 0 Å². The highest BCUT2D eigenvalue weighted by Crippen LogP contribution is 2.17. The SMILES string of the molecule is CCNc1ncc(Br)cc1C(=O)NCCc1cccnc1. The van der Waals surface area contributed by atoms with Gasteiger partial charge in [0.15, 0.2) is 0 Å². The van der Waals surface area contributed by atoms with Gasteiger partial charge in [-0.05, 0) is 47.0 Å². The molecule has 5 nitrogen and oxygen atoms in total. The third-order valence-electron chi connectivity index (χ3n) is 2.87. The van der Waals surface area contributed by atoms with E-state index in [1.807, 2.05) is 19.1 Å². The second kappa shape index (κ2) is 7.73. The molecule has 21 heavy (non-hydrogen) atoms. The zero-order valence-electron chi connectivity index (χ0n) is 11.8. The second-order valence-electron chi connectivity index (χ2n) is 4.45. The van der Waals surface area contributed by atoms with Crippen molar-refractivity contribution in [3.8, 4) is 0 Å². The van der Waals surface area contributed by atoms with Gasteiger partial charge >= 0.3 is 0 Å². The van der Waals surface area contributed by atoms with Crippen LogP contribution in [0.2, 0.25) is 0 Å². The molecule has 0 atom stereocenters. The Morgan fingerprint density at radius 2 is 2.24 bits per heavy atom. The van der Waals surface area contributed by atoms with Crippen LogP contribution in [0.5, 0.6) is 0 Å². The van der Waals surface area contributed by atoms with Gasteiger partial charge < -0.3 is 10.6 Å². The van der Waals surface area contributed by atoms with E-state index < -0.39 is 0 Å². The minimum Gasteiger partial charge on any atom is -0.370 e. The maximum Gasteiger partial charge on any atom is 0.255 e. The number of halogens is 1. The molecule has 2 aromatic rings. The molecule has 2 aromatic heterocycles. The largest absolute Gasteiger partial charge is 0.370 e. The van der Waals surface area contributed by atoms with Crippen molar-refractivity contribution < 1.29 is 4.79 Å². The summed E-state index contributed by atoms with van der Waals surface area (Å²) in [6.45, 7) is 3.24. The van der Waals surface area contributed by atoms with E-state index in [-0.39, 0.29) is 5.91 Å². The molecule has 6 heteroatoms. The third-order valence-corrected chi connectivity index (χ3v) is 3.30. The lowest BCUT2D eigenvalue weighted by Gasteiger charge is -2.10. The van der Waals surface area contributed by atoms with Gasteiger partial charge in [0.25, 0.3) is 5.91 Å². The van der Waals surface area contributed by atoms with Crippen molar-refractivity contribution in [2.24, 2.45) is 0 Å². The number of amides is 1. The Balaban J connectivity index is 1.98. The van der Waals surface area contributed by atoms with Crippen LogP contribution in [0.25, 0.3) is 0 Å². The van der Waals surface area contributed by atoms with Gasteiger partial charge in [0.05, 0.1) is 5.56 Å². The monoisotopic (exact) mass is 348 g/mol. The molecule has 2 N–H and O–H groups in total. The Morgan fingerprint density at radius 3 is 2.95 bits per heavy atom. The van der Waals surface area contributed by atoms with Gasteiger partial charge in [0, 0.05) is 36.2 Å². The molecule has 0 radical (unpaired) electrons. The summed E-state index contributed by atoms with van der Waals surface area (Å²) < 4.78 is 0.779. The molecule has 0 bridgehead atoms. The third kappa shape index (κ3) is 4.53. The first-order chi connectivity index (χ1) is 10.2. The molecule has 0 fully saturated rings. The van der Waals surface area contributed by atoms with Gasteiger partial charge in [0.2, 0.25) is 0 Å². The summed E-state index contributed by atoms with van der Waals surface area (Å²) >= 11 is 3.34. The highest BCUT2D eigenvalue weighted by Gasteiger charge is 2.12. The summed E-state index contributed by atoms with van der Waals surface area (Å²) in [5.74, 6) is 0.461. The maximum atomic E-state index is 12.3. The average molecular weight is 349 g/mol. The van der Waals surface area contributed by atoms with Gasteiger partial charge in [0.1, 0.15) is 5.82 Å². The van der Waals surface area contributed by atoms with E-state index in [1.165, 1.54) is 0 Å². The van der Waals surface area contributed by atoms with E-state index in [1.54, 1.807) is 24.7 Å². The smallest absolute Gasteiger partial charge is 0.255 e. The molecule has 0 aliphatic carbocycles. The van der Waals surface area contributed by atoms with Crippen molar-refractivity contribution >= 4 is 27.7 Å². The Bertz CT molecular complexity index is 604. The van der Waals surface area contributed by atoms with Crippen LogP contribution >= 0.6 is 15.9 Å². The first-order valence-corrected chi connectivity index (χ1v) is 7.56. The second-order valence-corrected chi connectivity index (χ2v) is 5.36. The first kappa shape index (κ1) is 15.4. The molecule has 0 unspecified atom stereocenters. The van der Waals surface area contributed by atoms with E-state index in [0.29, 0.717) is 24.5 Å². The molecule has 0 spiro atoms. The molecule has 0 saturated heterocycles. The average Bonchev–Trinajstić information content (AvgIpc) is 2.50. The zero-order chi connectivity index (χ0) is 15.1. The molecule has 1 amide bonds. The van der Waals surface area contributed by atoms with Crippen LogP contribution in [-0.2, 0) is 6.42 Å². The number of hydrogen-bond donors (Lipinski definition) is 2. The predicted molar refractivity (Wildman–Crippen MR) is 86.4 cm³/mol. The number of rotatable bonds is 6. The van der Waals surface area contributed by atoms with E-state index in [2.05, 4.69) is 36.5 Å². The fourth-order valence-electron chi connectivity index (χ4n) is 1.88. The molecule has 0 aliphatic rings. The van der Waals surface area contributed by atoms with E-state index in [4.69, 9.17) is 0 Å². The lowest BCUT2D eigenvalue weighted by molar-refractivity contribution is 0.0954. The molecule has 2 heterocycles. The summed E-state index contributed by atoms with van der Waals surface area (Å²) in [5, 5.41) is 6.00. The van der Waals surface area contributed by atoms with Crippen molar-refractivity contribution in [3.63, 3.8) is 0 Å². The van der Waals surface area contributed by atoms with Crippen molar-refractivity contribution in [3.05, 3.63) is 52.4 Å². The molecule has 0 aliphatic heterocycles. The van der Waals surface area contributed by atoms with Crippen LogP contribution in [0.3, 0.4) is 0 Å². The predicted octanol–water partition coefficient (Wildman–Crippen LogP) is 2.64. The Morgan fingerprint density at radius 1 is 1.38 bits per heavy atom. The van der Waals surface area contributed by atoms with Crippen LogP contribution in [-0.4, -0.2) is 29.0 Å².